The Morgan fingerprint density at radius 3 is 2.57 bits per heavy atom. The molecule has 0 fully saturated rings. The Balaban J connectivity index is 1.34. The first kappa shape index (κ1) is 24.1. The maximum absolute atomic E-state index is 13.9. The molecule has 0 aromatic heterocycles. The van der Waals surface area contributed by atoms with Crippen LogP contribution in [0.3, 0.4) is 0 Å². The average Bonchev–Trinajstić information content (AvgIpc) is 3.42. The number of carbonyl (C=O) groups is 1. The number of benzene rings is 3. The van der Waals surface area contributed by atoms with Crippen LogP contribution < -0.4 is 4.31 Å². The van der Waals surface area contributed by atoms with Crippen molar-refractivity contribution in [3.63, 3.8) is 0 Å². The number of fused-ring (bicyclic) bond motifs is 2. The molecule has 6 rings (SSSR count). The fourth-order valence-electron chi connectivity index (χ4n) is 5.52. The summed E-state index contributed by atoms with van der Waals surface area (Å²) in [5, 5.41) is 3.09. The van der Waals surface area contributed by atoms with Crippen LogP contribution in [0.5, 0.6) is 0 Å². The van der Waals surface area contributed by atoms with Crippen molar-refractivity contribution in [1.29, 1.82) is 0 Å². The molecule has 3 aromatic rings. The second-order valence-electron chi connectivity index (χ2n) is 9.72. The summed E-state index contributed by atoms with van der Waals surface area (Å²) in [6.45, 7) is 2.79. The molecule has 0 aliphatic carbocycles. The Morgan fingerprint density at radius 2 is 1.73 bits per heavy atom. The minimum absolute atomic E-state index is 0.0935. The van der Waals surface area contributed by atoms with Crippen molar-refractivity contribution in [2.24, 2.45) is 0 Å². The van der Waals surface area contributed by atoms with Crippen molar-refractivity contribution >= 4 is 39.0 Å². The Morgan fingerprint density at radius 1 is 0.946 bits per heavy atom. The van der Waals surface area contributed by atoms with Gasteiger partial charge in [0.15, 0.2) is 5.78 Å². The smallest absolute Gasteiger partial charge is 0.264 e. The van der Waals surface area contributed by atoms with Crippen LogP contribution in [-0.2, 0) is 16.4 Å². The summed E-state index contributed by atoms with van der Waals surface area (Å²) in [5.74, 6) is -0.0935. The largest absolute Gasteiger partial charge is 0.335 e. The Hall–Kier alpha value is -3.29. The van der Waals surface area contributed by atoms with Crippen molar-refractivity contribution in [2.45, 2.75) is 43.5 Å². The number of hydrogen-bond donors (Lipinski definition) is 0. The molecule has 0 radical (unpaired) electrons. The van der Waals surface area contributed by atoms with Gasteiger partial charge in [0, 0.05) is 29.1 Å². The molecule has 0 spiro atoms. The molecule has 3 aromatic carbocycles. The minimum Gasteiger partial charge on any atom is -0.335 e. The van der Waals surface area contributed by atoms with Crippen molar-refractivity contribution in [1.82, 2.24) is 4.90 Å². The Kier molecular flexibility index (Phi) is 6.21. The first-order valence-corrected chi connectivity index (χ1v) is 15.0. The zero-order valence-electron chi connectivity index (χ0n) is 20.6. The third-order valence-electron chi connectivity index (χ3n) is 7.28. The maximum atomic E-state index is 13.9. The lowest BCUT2D eigenvalue weighted by Crippen LogP contribution is -2.35. The number of allylic oxidation sites excluding steroid dienone is 1. The van der Waals surface area contributed by atoms with Gasteiger partial charge in [0.25, 0.3) is 10.0 Å². The summed E-state index contributed by atoms with van der Waals surface area (Å²) < 4.78 is 29.1. The molecule has 188 valence electrons. The molecule has 0 bridgehead atoms. The second-order valence-corrected chi connectivity index (χ2v) is 12.4. The Bertz CT molecular complexity index is 1540. The van der Waals surface area contributed by atoms with E-state index in [9.17, 15) is 13.2 Å². The molecule has 0 N–H and O–H groups in total. The zero-order chi connectivity index (χ0) is 25.6. The normalized spacial score (nSPS) is 19.4. The van der Waals surface area contributed by atoms with Crippen LogP contribution >= 0.6 is 11.8 Å². The van der Waals surface area contributed by atoms with E-state index in [1.807, 2.05) is 49.4 Å². The molecule has 0 unspecified atom stereocenters. The van der Waals surface area contributed by atoms with Gasteiger partial charge in [-0.15, -0.1) is 0 Å². The first-order chi connectivity index (χ1) is 17.9. The molecular weight excluding hydrogens is 500 g/mol. The topological polar surface area (TPSA) is 57.7 Å². The van der Waals surface area contributed by atoms with Crippen molar-refractivity contribution < 1.29 is 13.2 Å². The molecular formula is C30H28N2O3S2. The van der Waals surface area contributed by atoms with Crippen LogP contribution in [0.1, 0.15) is 47.7 Å². The zero-order valence-corrected chi connectivity index (χ0v) is 22.3. The molecule has 3 aliphatic rings. The highest BCUT2D eigenvalue weighted by Crippen LogP contribution is 2.44. The minimum atomic E-state index is -3.82. The fourth-order valence-corrected chi connectivity index (χ4v) is 8.39. The van der Waals surface area contributed by atoms with Crippen molar-refractivity contribution in [3.8, 4) is 0 Å². The third kappa shape index (κ3) is 4.20. The number of thioether (sulfide) groups is 1. The SMILES string of the molecule is C[C@H]1Cc2ccccc2N1S(=O)(=O)c1cccc(C(=O)C2=C3SC=C(c4ccccc4)N3CCCC2)c1. The number of anilines is 1. The van der Waals surface area contributed by atoms with Crippen LogP contribution in [0.4, 0.5) is 5.69 Å². The van der Waals surface area contributed by atoms with Gasteiger partial charge in [0.2, 0.25) is 0 Å². The van der Waals surface area contributed by atoms with Gasteiger partial charge in [-0.2, -0.15) is 0 Å². The second kappa shape index (κ2) is 9.54. The molecule has 0 saturated heterocycles. The van der Waals surface area contributed by atoms with Crippen molar-refractivity contribution in [2.75, 3.05) is 10.8 Å². The highest BCUT2D eigenvalue weighted by Gasteiger charge is 2.36. The summed E-state index contributed by atoms with van der Waals surface area (Å²) in [4.78, 5) is 16.3. The van der Waals surface area contributed by atoms with E-state index in [0.29, 0.717) is 18.4 Å². The monoisotopic (exact) mass is 528 g/mol. The van der Waals surface area contributed by atoms with Crippen LogP contribution in [0.25, 0.3) is 5.70 Å². The Labute approximate surface area is 222 Å². The van der Waals surface area contributed by atoms with Gasteiger partial charge in [0.1, 0.15) is 0 Å². The standard InChI is InChI=1S/C30H28N2O3S2/c1-21-18-23-12-5-6-16-27(23)32(21)37(34,35)25-14-9-13-24(19-25)29(33)26-15-7-8-17-31-28(20-36-30(26)31)22-10-3-2-4-11-22/h2-6,9-14,16,19-21H,7-8,15,17-18H2,1H3/t21-/m0/s1. The summed E-state index contributed by atoms with van der Waals surface area (Å²) in [6.07, 6.45) is 3.27. The highest BCUT2D eigenvalue weighted by molar-refractivity contribution is 8.06. The maximum Gasteiger partial charge on any atom is 0.264 e. The predicted molar refractivity (Wildman–Crippen MR) is 150 cm³/mol. The number of sulfonamides is 1. The van der Waals surface area contributed by atoms with E-state index in [4.69, 9.17) is 0 Å². The quantitative estimate of drug-likeness (QED) is 0.356. The van der Waals surface area contributed by atoms with Gasteiger partial charge in [-0.3, -0.25) is 9.10 Å². The van der Waals surface area contributed by atoms with Crippen LogP contribution in [0.15, 0.2) is 99.8 Å². The van der Waals surface area contributed by atoms with E-state index in [0.717, 1.165) is 52.5 Å². The van der Waals surface area contributed by atoms with E-state index in [2.05, 4.69) is 22.4 Å². The number of carbonyl (C=O) groups excluding carboxylic acids is 1. The lowest BCUT2D eigenvalue weighted by Gasteiger charge is -2.25. The van der Waals surface area contributed by atoms with Gasteiger partial charge >= 0.3 is 0 Å². The fraction of sp³-hybridized carbons (Fsp3) is 0.233. The first-order valence-electron chi connectivity index (χ1n) is 12.7. The number of hydrogen-bond acceptors (Lipinski definition) is 5. The van der Waals surface area contributed by atoms with Gasteiger partial charge in [-0.25, -0.2) is 8.42 Å². The lowest BCUT2D eigenvalue weighted by molar-refractivity contribution is 0.102. The van der Waals surface area contributed by atoms with Gasteiger partial charge in [-0.05, 0) is 61.9 Å². The number of ketones is 1. The van der Waals surface area contributed by atoms with E-state index in [1.54, 1.807) is 36.0 Å². The number of rotatable bonds is 5. The molecule has 0 amide bonds. The van der Waals surface area contributed by atoms with E-state index >= 15 is 0 Å². The summed E-state index contributed by atoms with van der Waals surface area (Å²) in [6, 6.07) is 24.2. The van der Waals surface area contributed by atoms with Gasteiger partial charge in [0.05, 0.1) is 21.3 Å². The van der Waals surface area contributed by atoms with E-state index in [1.165, 1.54) is 4.31 Å². The van der Waals surface area contributed by atoms with Gasteiger partial charge < -0.3 is 4.90 Å². The molecule has 1 atom stereocenters. The number of para-hydroxylation sites is 1. The van der Waals surface area contributed by atoms with Crippen LogP contribution in [-0.4, -0.2) is 31.7 Å². The summed E-state index contributed by atoms with van der Waals surface area (Å²) >= 11 is 1.59. The van der Waals surface area contributed by atoms with Gasteiger partial charge in [-0.1, -0.05) is 72.4 Å². The molecule has 5 nitrogen and oxygen atoms in total. The molecule has 7 heteroatoms. The summed E-state index contributed by atoms with van der Waals surface area (Å²) in [5.41, 5.74) is 5.17. The van der Waals surface area contributed by atoms with Crippen molar-refractivity contribution in [3.05, 3.63) is 112 Å². The molecule has 37 heavy (non-hydrogen) atoms. The number of Topliss-reactive ketones (excluding diaryl/α,β-unsaturated/α-hetero) is 1. The predicted octanol–water partition coefficient (Wildman–Crippen LogP) is 6.45. The van der Waals surface area contributed by atoms with Crippen LogP contribution in [0.2, 0.25) is 0 Å². The molecule has 0 saturated carbocycles. The lowest BCUT2D eigenvalue weighted by atomic mass is 10.00. The number of nitrogens with zero attached hydrogens (tertiary/aromatic N) is 2. The highest BCUT2D eigenvalue weighted by atomic mass is 32.2. The van der Waals surface area contributed by atoms with E-state index in [-0.39, 0.29) is 16.7 Å². The van der Waals surface area contributed by atoms with E-state index < -0.39 is 10.0 Å². The molecule has 3 aliphatic heterocycles. The third-order valence-corrected chi connectivity index (χ3v) is 10.2. The summed E-state index contributed by atoms with van der Waals surface area (Å²) in [7, 11) is -3.82. The molecule has 3 heterocycles. The average molecular weight is 529 g/mol. The van der Waals surface area contributed by atoms with Crippen LogP contribution in [0, 0.1) is 0 Å².